The first-order valence-electron chi connectivity index (χ1n) is 5.82. The fourth-order valence-electron chi connectivity index (χ4n) is 1.98. The Morgan fingerprint density at radius 3 is 2.81 bits per heavy atom. The molecule has 0 radical (unpaired) electrons. The van der Waals surface area contributed by atoms with Crippen molar-refractivity contribution in [3.05, 3.63) is 21.7 Å². The van der Waals surface area contributed by atoms with Crippen molar-refractivity contribution in [1.82, 2.24) is 9.97 Å². The molecule has 0 fully saturated rings. The molecule has 1 aliphatic rings. The molecular weight excluding hydrogens is 202 g/mol. The van der Waals surface area contributed by atoms with Crippen LogP contribution in [0.4, 0.5) is 5.82 Å². The standard InChI is InChI=1S/C12H19N3O/c1-12(2,3)7-9-14-10-8(11(16)15-9)5-4-6-13-10/h4-7H2,1-3H3,(H2,13,14,15,16). The summed E-state index contributed by atoms with van der Waals surface area (Å²) < 4.78 is 0. The lowest BCUT2D eigenvalue weighted by Crippen LogP contribution is -2.26. The minimum absolute atomic E-state index is 0.0245. The SMILES string of the molecule is CC(C)(C)Cc1nc2c(c(=O)[nH]1)CCCN2. The molecule has 0 saturated carbocycles. The first kappa shape index (κ1) is 11.2. The average Bonchev–Trinajstić information content (AvgIpc) is 2.15. The molecular formula is C12H19N3O. The molecule has 1 aromatic heterocycles. The highest BCUT2D eigenvalue weighted by Crippen LogP contribution is 2.20. The molecule has 0 spiro atoms. The summed E-state index contributed by atoms with van der Waals surface area (Å²) in [6, 6.07) is 0. The highest BCUT2D eigenvalue weighted by molar-refractivity contribution is 5.45. The van der Waals surface area contributed by atoms with Crippen molar-refractivity contribution in [3.63, 3.8) is 0 Å². The van der Waals surface area contributed by atoms with Gasteiger partial charge < -0.3 is 10.3 Å². The Bertz CT molecular complexity index is 443. The second-order valence-electron chi connectivity index (χ2n) is 5.61. The molecule has 0 aromatic carbocycles. The largest absolute Gasteiger partial charge is 0.370 e. The van der Waals surface area contributed by atoms with Crippen LogP contribution >= 0.6 is 0 Å². The molecule has 0 atom stereocenters. The molecule has 2 rings (SSSR count). The van der Waals surface area contributed by atoms with Gasteiger partial charge in [0.25, 0.3) is 5.56 Å². The molecule has 16 heavy (non-hydrogen) atoms. The van der Waals surface area contributed by atoms with Crippen LogP contribution < -0.4 is 10.9 Å². The summed E-state index contributed by atoms with van der Waals surface area (Å²) in [5.74, 6) is 1.57. The van der Waals surface area contributed by atoms with Gasteiger partial charge in [0.1, 0.15) is 11.6 Å². The van der Waals surface area contributed by atoms with Crippen LogP contribution in [0.2, 0.25) is 0 Å². The summed E-state index contributed by atoms with van der Waals surface area (Å²) in [4.78, 5) is 19.2. The zero-order valence-corrected chi connectivity index (χ0v) is 10.2. The lowest BCUT2D eigenvalue weighted by atomic mass is 9.92. The molecule has 0 amide bonds. The van der Waals surface area contributed by atoms with E-state index >= 15 is 0 Å². The van der Waals surface area contributed by atoms with E-state index in [0.717, 1.165) is 43.0 Å². The van der Waals surface area contributed by atoms with Crippen molar-refractivity contribution in [2.45, 2.75) is 40.0 Å². The molecule has 2 N–H and O–H groups in total. The number of hydrogen-bond acceptors (Lipinski definition) is 3. The van der Waals surface area contributed by atoms with E-state index in [4.69, 9.17) is 0 Å². The van der Waals surface area contributed by atoms with Crippen LogP contribution in [0.25, 0.3) is 0 Å². The van der Waals surface area contributed by atoms with E-state index < -0.39 is 0 Å². The normalized spacial score (nSPS) is 15.4. The van der Waals surface area contributed by atoms with Crippen LogP contribution in [0, 0.1) is 5.41 Å². The van der Waals surface area contributed by atoms with E-state index in [2.05, 4.69) is 36.1 Å². The maximum absolute atomic E-state index is 11.8. The zero-order valence-electron chi connectivity index (χ0n) is 10.2. The minimum atomic E-state index is 0.0245. The fraction of sp³-hybridized carbons (Fsp3) is 0.667. The van der Waals surface area contributed by atoms with E-state index in [9.17, 15) is 4.79 Å². The maximum atomic E-state index is 11.8. The van der Waals surface area contributed by atoms with Crippen molar-refractivity contribution in [3.8, 4) is 0 Å². The van der Waals surface area contributed by atoms with Crippen molar-refractivity contribution < 1.29 is 0 Å². The van der Waals surface area contributed by atoms with Crippen LogP contribution in [-0.4, -0.2) is 16.5 Å². The summed E-state index contributed by atoms with van der Waals surface area (Å²) >= 11 is 0. The summed E-state index contributed by atoms with van der Waals surface area (Å²) in [5, 5.41) is 3.20. The Balaban J connectivity index is 2.36. The summed E-state index contributed by atoms with van der Waals surface area (Å²) in [6.07, 6.45) is 2.63. The second-order valence-corrected chi connectivity index (χ2v) is 5.61. The van der Waals surface area contributed by atoms with Crippen LogP contribution in [0.3, 0.4) is 0 Å². The van der Waals surface area contributed by atoms with Crippen molar-refractivity contribution >= 4 is 5.82 Å². The number of fused-ring (bicyclic) bond motifs is 1. The summed E-state index contributed by atoms with van der Waals surface area (Å²) in [5.41, 5.74) is 0.971. The van der Waals surface area contributed by atoms with Crippen LogP contribution in [0.5, 0.6) is 0 Å². The molecule has 4 nitrogen and oxygen atoms in total. The lowest BCUT2D eigenvalue weighted by molar-refractivity contribution is 0.400. The maximum Gasteiger partial charge on any atom is 0.256 e. The van der Waals surface area contributed by atoms with Gasteiger partial charge in [-0.3, -0.25) is 4.79 Å². The highest BCUT2D eigenvalue weighted by Gasteiger charge is 2.18. The van der Waals surface area contributed by atoms with Gasteiger partial charge in [0.05, 0.1) is 5.56 Å². The Hall–Kier alpha value is -1.32. The summed E-state index contributed by atoms with van der Waals surface area (Å²) in [6.45, 7) is 7.33. The minimum Gasteiger partial charge on any atom is -0.370 e. The number of anilines is 1. The molecule has 1 aliphatic heterocycles. The zero-order chi connectivity index (χ0) is 11.8. The van der Waals surface area contributed by atoms with Gasteiger partial charge >= 0.3 is 0 Å². The Morgan fingerprint density at radius 1 is 1.38 bits per heavy atom. The molecule has 0 aliphatic carbocycles. The summed E-state index contributed by atoms with van der Waals surface area (Å²) in [7, 11) is 0. The number of aromatic amines is 1. The number of rotatable bonds is 1. The third-order valence-corrected chi connectivity index (χ3v) is 2.66. The van der Waals surface area contributed by atoms with Crippen LogP contribution in [0.15, 0.2) is 4.79 Å². The molecule has 88 valence electrons. The number of nitrogens with zero attached hydrogens (tertiary/aromatic N) is 1. The van der Waals surface area contributed by atoms with Crippen LogP contribution in [0.1, 0.15) is 38.6 Å². The van der Waals surface area contributed by atoms with Gasteiger partial charge in [-0.15, -0.1) is 0 Å². The van der Waals surface area contributed by atoms with Gasteiger partial charge in [-0.05, 0) is 18.3 Å². The monoisotopic (exact) mass is 221 g/mol. The van der Waals surface area contributed by atoms with Crippen LogP contribution in [-0.2, 0) is 12.8 Å². The number of aromatic nitrogens is 2. The predicted octanol–water partition coefficient (Wildman–Crippen LogP) is 1.72. The van der Waals surface area contributed by atoms with Gasteiger partial charge in [-0.25, -0.2) is 4.98 Å². The molecule has 0 saturated heterocycles. The van der Waals surface area contributed by atoms with Crippen molar-refractivity contribution in [2.24, 2.45) is 5.41 Å². The van der Waals surface area contributed by atoms with Crippen molar-refractivity contribution in [1.29, 1.82) is 0 Å². The fourth-order valence-corrected chi connectivity index (χ4v) is 1.98. The highest BCUT2D eigenvalue weighted by atomic mass is 16.1. The molecule has 0 bridgehead atoms. The first-order chi connectivity index (χ1) is 7.46. The van der Waals surface area contributed by atoms with Gasteiger partial charge in [0.15, 0.2) is 0 Å². The predicted molar refractivity (Wildman–Crippen MR) is 64.8 cm³/mol. The first-order valence-corrected chi connectivity index (χ1v) is 5.82. The number of hydrogen-bond donors (Lipinski definition) is 2. The average molecular weight is 221 g/mol. The van der Waals surface area contributed by atoms with E-state index in [1.807, 2.05) is 0 Å². The van der Waals surface area contributed by atoms with E-state index in [-0.39, 0.29) is 11.0 Å². The van der Waals surface area contributed by atoms with Crippen molar-refractivity contribution in [2.75, 3.05) is 11.9 Å². The van der Waals surface area contributed by atoms with E-state index in [1.165, 1.54) is 0 Å². The topological polar surface area (TPSA) is 57.8 Å². The number of H-pyrrole nitrogens is 1. The van der Waals surface area contributed by atoms with Gasteiger partial charge in [-0.1, -0.05) is 20.8 Å². The third-order valence-electron chi connectivity index (χ3n) is 2.66. The number of nitrogens with one attached hydrogen (secondary N) is 2. The quantitative estimate of drug-likeness (QED) is 0.759. The van der Waals surface area contributed by atoms with Gasteiger partial charge in [-0.2, -0.15) is 0 Å². The molecule has 1 aromatic rings. The molecule has 2 heterocycles. The van der Waals surface area contributed by atoms with Gasteiger partial charge in [0, 0.05) is 13.0 Å². The Kier molecular flexibility index (Phi) is 2.74. The smallest absolute Gasteiger partial charge is 0.256 e. The van der Waals surface area contributed by atoms with Gasteiger partial charge in [0.2, 0.25) is 0 Å². The lowest BCUT2D eigenvalue weighted by Gasteiger charge is -2.20. The van der Waals surface area contributed by atoms with E-state index in [0.29, 0.717) is 0 Å². The molecule has 0 unspecified atom stereocenters. The molecule has 4 heteroatoms. The Labute approximate surface area is 95.5 Å². The second kappa shape index (κ2) is 3.92. The van der Waals surface area contributed by atoms with E-state index in [1.54, 1.807) is 0 Å². The third kappa shape index (κ3) is 2.43. The Morgan fingerprint density at radius 2 is 2.12 bits per heavy atom.